The highest BCUT2D eigenvalue weighted by molar-refractivity contribution is 6.31. The van der Waals surface area contributed by atoms with E-state index >= 15 is 0 Å². The van der Waals surface area contributed by atoms with Gasteiger partial charge in [0.15, 0.2) is 0 Å². The lowest BCUT2D eigenvalue weighted by Gasteiger charge is -2.30. The Morgan fingerprint density at radius 1 is 0.605 bits per heavy atom. The molecule has 4 aromatic carbocycles. The van der Waals surface area contributed by atoms with Gasteiger partial charge in [-0.3, -0.25) is 0 Å². The lowest BCUT2D eigenvalue weighted by molar-refractivity contribution is 1.19. The number of rotatable bonds is 8. The van der Waals surface area contributed by atoms with Crippen LogP contribution in [0.3, 0.4) is 0 Å². The third kappa shape index (κ3) is 6.45. The van der Waals surface area contributed by atoms with Gasteiger partial charge in [0.05, 0.1) is 0 Å². The first kappa shape index (κ1) is 27.0. The molecule has 0 aliphatic rings. The van der Waals surface area contributed by atoms with Gasteiger partial charge in [0.2, 0.25) is 0 Å². The molecule has 4 rings (SSSR count). The van der Waals surface area contributed by atoms with Gasteiger partial charge in [0, 0.05) is 39.2 Å². The summed E-state index contributed by atoms with van der Waals surface area (Å²) in [4.78, 5) is 4.44. The second-order valence-electron chi connectivity index (χ2n) is 9.88. The predicted octanol–water partition coefficient (Wildman–Crippen LogP) is 10.9. The first-order valence-electron chi connectivity index (χ1n) is 12.8. The molecule has 0 aromatic heterocycles. The fraction of sp³-hybridized carbons (Fsp3) is 0.143. The van der Waals surface area contributed by atoms with Crippen molar-refractivity contribution in [1.29, 1.82) is 0 Å². The van der Waals surface area contributed by atoms with Crippen molar-refractivity contribution in [3.63, 3.8) is 0 Å². The molecule has 0 radical (unpaired) electrons. The molecule has 0 aliphatic heterocycles. The van der Waals surface area contributed by atoms with Crippen LogP contribution in [0, 0.1) is 20.8 Å². The summed E-state index contributed by atoms with van der Waals surface area (Å²) in [5.74, 6) is 0. The monoisotopic (exact) mass is 518 g/mol. The zero-order valence-corrected chi connectivity index (χ0v) is 23.6. The molecule has 0 bridgehead atoms. The Morgan fingerprint density at radius 3 is 1.50 bits per heavy atom. The molecule has 0 fully saturated rings. The Hall–Kier alpha value is -4.01. The van der Waals surface area contributed by atoms with E-state index in [9.17, 15) is 0 Å². The van der Waals surface area contributed by atoms with Crippen molar-refractivity contribution in [2.24, 2.45) is 0 Å². The van der Waals surface area contributed by atoms with Crippen LogP contribution in [0.2, 0.25) is 5.02 Å². The molecule has 0 saturated carbocycles. The maximum atomic E-state index is 6.84. The van der Waals surface area contributed by atoms with Crippen LogP contribution in [0.1, 0.15) is 30.5 Å². The van der Waals surface area contributed by atoms with Crippen molar-refractivity contribution in [3.8, 4) is 0 Å². The van der Waals surface area contributed by atoms with Gasteiger partial charge >= 0.3 is 0 Å². The zero-order valence-electron chi connectivity index (χ0n) is 22.9. The third-order valence-corrected chi connectivity index (χ3v) is 6.53. The van der Waals surface area contributed by atoms with E-state index in [2.05, 4.69) is 142 Å². The van der Waals surface area contributed by atoms with E-state index in [1.165, 1.54) is 22.3 Å². The van der Waals surface area contributed by atoms with Crippen LogP contribution >= 0.6 is 11.6 Å². The van der Waals surface area contributed by atoms with Crippen molar-refractivity contribution >= 4 is 40.0 Å². The zero-order chi connectivity index (χ0) is 27.2. The minimum Gasteiger partial charge on any atom is -0.310 e. The van der Waals surface area contributed by atoms with Crippen LogP contribution in [0.25, 0.3) is 0 Å². The second kappa shape index (κ2) is 12.0. The Kier molecular flexibility index (Phi) is 8.55. The normalized spacial score (nSPS) is 11.2. The molecule has 4 aromatic rings. The van der Waals surface area contributed by atoms with Gasteiger partial charge in [-0.05, 0) is 101 Å². The van der Waals surface area contributed by atoms with E-state index in [-0.39, 0.29) is 0 Å². The van der Waals surface area contributed by atoms with Gasteiger partial charge < -0.3 is 9.80 Å². The Balaban J connectivity index is 1.94. The highest BCUT2D eigenvalue weighted by atomic mass is 35.5. The van der Waals surface area contributed by atoms with E-state index in [1.54, 1.807) is 0 Å². The maximum Gasteiger partial charge on any atom is 0.0497 e. The minimum absolute atomic E-state index is 0.657. The van der Waals surface area contributed by atoms with Crippen LogP contribution < -0.4 is 9.80 Å². The highest BCUT2D eigenvalue weighted by Gasteiger charge is 2.18. The fourth-order valence-electron chi connectivity index (χ4n) is 4.28. The van der Waals surface area contributed by atoms with Crippen LogP contribution in [-0.4, -0.2) is 0 Å². The van der Waals surface area contributed by atoms with E-state index in [1.807, 2.05) is 18.2 Å². The van der Waals surface area contributed by atoms with Crippen LogP contribution in [-0.2, 0) is 0 Å². The van der Waals surface area contributed by atoms with Crippen molar-refractivity contribution in [2.75, 3.05) is 9.80 Å². The molecular formula is C35H35ClN2. The van der Waals surface area contributed by atoms with E-state index in [4.69, 9.17) is 11.6 Å². The summed E-state index contributed by atoms with van der Waals surface area (Å²) >= 11 is 6.84. The molecule has 0 aliphatic carbocycles. The molecule has 0 spiro atoms. The fourth-order valence-corrected chi connectivity index (χ4v) is 4.50. The van der Waals surface area contributed by atoms with Crippen molar-refractivity contribution < 1.29 is 0 Å². The Labute approximate surface area is 232 Å². The molecule has 3 heteroatoms. The molecule has 0 N–H and O–H groups in total. The average molecular weight is 519 g/mol. The third-order valence-electron chi connectivity index (χ3n) is 6.31. The van der Waals surface area contributed by atoms with Crippen molar-refractivity contribution in [2.45, 2.75) is 34.6 Å². The molecule has 38 heavy (non-hydrogen) atoms. The highest BCUT2D eigenvalue weighted by Crippen LogP contribution is 2.41. The van der Waals surface area contributed by atoms with Gasteiger partial charge in [-0.2, -0.15) is 0 Å². The summed E-state index contributed by atoms with van der Waals surface area (Å²) < 4.78 is 0. The van der Waals surface area contributed by atoms with Gasteiger partial charge in [0.25, 0.3) is 0 Å². The minimum atomic E-state index is 0.657. The molecule has 0 heterocycles. The Morgan fingerprint density at radius 2 is 1.05 bits per heavy atom. The molecule has 0 atom stereocenters. The van der Waals surface area contributed by atoms with E-state index in [0.29, 0.717) is 5.02 Å². The lowest BCUT2D eigenvalue weighted by atomic mass is 10.1. The van der Waals surface area contributed by atoms with Crippen LogP contribution in [0.5, 0.6) is 0 Å². The van der Waals surface area contributed by atoms with E-state index < -0.39 is 0 Å². The molecule has 0 saturated heterocycles. The SMILES string of the molecule is C=C/C(=C\C=C(C)C)N(c1ccc(C)cc1)c1cc(Cl)cc(N(c2ccc(C)cc2)c2ccc(C)cc2)c1. The average Bonchev–Trinajstić information content (AvgIpc) is 2.89. The number of hydrogen-bond donors (Lipinski definition) is 0. The standard InChI is InChI=1S/C35H35ClN2/c1-7-30(15-8-25(2)3)37(31-16-9-26(4)10-17-31)34-22-29(36)23-35(24-34)38(32-18-11-27(5)12-19-32)33-20-13-28(6)14-21-33/h7-24H,1H2,2-6H3/b30-15+. The number of halogens is 1. The number of aryl methyl sites for hydroxylation is 3. The molecule has 192 valence electrons. The number of hydrogen-bond acceptors (Lipinski definition) is 2. The van der Waals surface area contributed by atoms with Crippen molar-refractivity contribution in [1.82, 2.24) is 0 Å². The van der Waals surface area contributed by atoms with Gasteiger partial charge in [0.1, 0.15) is 0 Å². The predicted molar refractivity (Wildman–Crippen MR) is 167 cm³/mol. The van der Waals surface area contributed by atoms with Crippen molar-refractivity contribution in [3.05, 3.63) is 149 Å². The molecule has 0 amide bonds. The van der Waals surface area contributed by atoms with Crippen LogP contribution in [0.15, 0.2) is 127 Å². The molecular weight excluding hydrogens is 484 g/mol. The topological polar surface area (TPSA) is 6.48 Å². The first-order chi connectivity index (χ1) is 18.2. The number of allylic oxidation sites excluding steroid dienone is 4. The van der Waals surface area contributed by atoms with E-state index in [0.717, 1.165) is 34.1 Å². The van der Waals surface area contributed by atoms with Gasteiger partial charge in [-0.1, -0.05) is 82.9 Å². The second-order valence-corrected chi connectivity index (χ2v) is 10.3. The first-order valence-corrected chi connectivity index (χ1v) is 13.2. The van der Waals surface area contributed by atoms with Gasteiger partial charge in [-0.25, -0.2) is 0 Å². The number of benzene rings is 4. The summed E-state index contributed by atoms with van der Waals surface area (Å²) in [6, 6.07) is 31.9. The summed E-state index contributed by atoms with van der Waals surface area (Å²) in [5.41, 5.74) is 10.9. The maximum absolute atomic E-state index is 6.84. The van der Waals surface area contributed by atoms with Gasteiger partial charge in [-0.15, -0.1) is 0 Å². The van der Waals surface area contributed by atoms with Crippen LogP contribution in [0.4, 0.5) is 28.4 Å². The quantitative estimate of drug-likeness (QED) is 0.214. The lowest BCUT2D eigenvalue weighted by Crippen LogP contribution is -2.16. The summed E-state index contributed by atoms with van der Waals surface area (Å²) in [5, 5.41) is 0.657. The number of nitrogens with zero attached hydrogens (tertiary/aromatic N) is 2. The number of anilines is 5. The Bertz CT molecular complexity index is 1410. The smallest absolute Gasteiger partial charge is 0.0497 e. The largest absolute Gasteiger partial charge is 0.310 e. The summed E-state index contributed by atoms with van der Waals surface area (Å²) in [6.07, 6.45) is 6.09. The summed E-state index contributed by atoms with van der Waals surface area (Å²) in [7, 11) is 0. The molecule has 2 nitrogen and oxygen atoms in total. The molecule has 0 unspecified atom stereocenters. The summed E-state index contributed by atoms with van der Waals surface area (Å²) in [6.45, 7) is 14.6.